The topological polar surface area (TPSA) is 70.7 Å². The van der Waals surface area contributed by atoms with Gasteiger partial charge in [0.15, 0.2) is 0 Å². The summed E-state index contributed by atoms with van der Waals surface area (Å²) in [5.74, 6) is 0.00249. The molecule has 0 aliphatic carbocycles. The molecule has 2 rings (SSSR count). The summed E-state index contributed by atoms with van der Waals surface area (Å²) in [6.07, 6.45) is 2.91. The molecule has 1 unspecified atom stereocenters. The Kier molecular flexibility index (Phi) is 4.33. The first-order valence-electron chi connectivity index (χ1n) is 6.16. The van der Waals surface area contributed by atoms with Crippen molar-refractivity contribution < 1.29 is 14.3 Å². The molecule has 1 fully saturated rings. The van der Waals surface area contributed by atoms with Crippen molar-refractivity contribution in [1.29, 1.82) is 0 Å². The molecule has 2 heterocycles. The van der Waals surface area contributed by atoms with Crippen molar-refractivity contribution in [3.05, 3.63) is 11.6 Å². The number of rotatable bonds is 3. The van der Waals surface area contributed by atoms with Crippen LogP contribution in [0, 0.1) is 0 Å². The van der Waals surface area contributed by atoms with Crippen LogP contribution in [0.2, 0.25) is 0 Å². The molecule has 0 spiro atoms. The van der Waals surface area contributed by atoms with Gasteiger partial charge in [-0.25, -0.2) is 0 Å². The number of hydrogen-bond acceptors (Lipinski definition) is 4. The van der Waals surface area contributed by atoms with Crippen LogP contribution in [0.5, 0.6) is 0 Å². The summed E-state index contributed by atoms with van der Waals surface area (Å²) in [5.41, 5.74) is 1.24. The third-order valence-corrected chi connectivity index (χ3v) is 3.26. The summed E-state index contributed by atoms with van der Waals surface area (Å²) in [5, 5.41) is 5.65. The number of amides is 2. The van der Waals surface area contributed by atoms with Crippen molar-refractivity contribution in [1.82, 2.24) is 15.5 Å². The van der Waals surface area contributed by atoms with Gasteiger partial charge in [-0.1, -0.05) is 6.08 Å². The zero-order valence-corrected chi connectivity index (χ0v) is 10.6. The highest BCUT2D eigenvalue weighted by Crippen LogP contribution is 2.12. The maximum Gasteiger partial charge on any atom is 0.241 e. The van der Waals surface area contributed by atoms with Gasteiger partial charge in [-0.15, -0.1) is 0 Å². The number of carbonyl (C=O) groups excluding carboxylic acids is 2. The van der Waals surface area contributed by atoms with Gasteiger partial charge >= 0.3 is 0 Å². The number of carbonyl (C=O) groups is 2. The Morgan fingerprint density at radius 3 is 3.00 bits per heavy atom. The van der Waals surface area contributed by atoms with E-state index in [-0.39, 0.29) is 24.4 Å². The van der Waals surface area contributed by atoms with Crippen LogP contribution in [0.4, 0.5) is 0 Å². The maximum atomic E-state index is 12.2. The molecule has 0 aromatic carbocycles. The van der Waals surface area contributed by atoms with Crippen molar-refractivity contribution in [2.24, 2.45) is 0 Å². The highest BCUT2D eigenvalue weighted by Gasteiger charge is 2.28. The van der Waals surface area contributed by atoms with Gasteiger partial charge in [0.2, 0.25) is 11.8 Å². The van der Waals surface area contributed by atoms with Crippen LogP contribution in [-0.4, -0.2) is 62.7 Å². The van der Waals surface area contributed by atoms with Crippen molar-refractivity contribution in [2.75, 3.05) is 39.9 Å². The predicted octanol–water partition coefficient (Wildman–Crippen LogP) is -1.12. The third-order valence-electron chi connectivity index (χ3n) is 3.26. The van der Waals surface area contributed by atoms with Gasteiger partial charge in [0.1, 0.15) is 6.04 Å². The molecule has 0 aromatic heterocycles. The average molecular weight is 253 g/mol. The maximum absolute atomic E-state index is 12.2. The quantitative estimate of drug-likeness (QED) is 0.625. The van der Waals surface area contributed by atoms with Gasteiger partial charge in [-0.2, -0.15) is 0 Å². The number of piperazine rings is 1. The molecule has 2 aliphatic rings. The Balaban J connectivity index is 1.85. The molecule has 0 bridgehead atoms. The monoisotopic (exact) mass is 253 g/mol. The lowest BCUT2D eigenvalue weighted by Gasteiger charge is -2.32. The van der Waals surface area contributed by atoms with E-state index in [2.05, 4.69) is 10.6 Å². The Bertz CT molecular complexity index is 358. The molecule has 100 valence electrons. The van der Waals surface area contributed by atoms with E-state index >= 15 is 0 Å². The summed E-state index contributed by atoms with van der Waals surface area (Å²) >= 11 is 0. The van der Waals surface area contributed by atoms with E-state index in [0.717, 1.165) is 13.0 Å². The minimum atomic E-state index is -0.292. The van der Waals surface area contributed by atoms with Crippen LogP contribution in [0.25, 0.3) is 0 Å². The van der Waals surface area contributed by atoms with E-state index in [4.69, 9.17) is 4.74 Å². The molecule has 1 atom stereocenters. The van der Waals surface area contributed by atoms with Crippen molar-refractivity contribution >= 4 is 11.8 Å². The second-order valence-electron chi connectivity index (χ2n) is 4.57. The minimum absolute atomic E-state index is 0.0556. The first-order chi connectivity index (χ1) is 8.70. The van der Waals surface area contributed by atoms with Crippen molar-refractivity contribution in [3.8, 4) is 0 Å². The Labute approximate surface area is 106 Å². The molecular formula is C12H19N3O3. The zero-order chi connectivity index (χ0) is 13.0. The van der Waals surface area contributed by atoms with E-state index in [1.165, 1.54) is 5.57 Å². The zero-order valence-electron chi connectivity index (χ0n) is 10.6. The highest BCUT2D eigenvalue weighted by atomic mass is 16.5. The van der Waals surface area contributed by atoms with Crippen LogP contribution >= 0.6 is 0 Å². The second kappa shape index (κ2) is 5.97. The highest BCUT2D eigenvalue weighted by molar-refractivity contribution is 5.87. The average Bonchev–Trinajstić information content (AvgIpc) is 2.40. The van der Waals surface area contributed by atoms with E-state index in [9.17, 15) is 9.59 Å². The largest absolute Gasteiger partial charge is 0.380 e. The van der Waals surface area contributed by atoms with E-state index < -0.39 is 0 Å². The number of hydrogen-bond donors (Lipinski definition) is 2. The van der Waals surface area contributed by atoms with Gasteiger partial charge < -0.3 is 15.0 Å². The fourth-order valence-corrected chi connectivity index (χ4v) is 2.19. The molecule has 1 saturated heterocycles. The summed E-state index contributed by atoms with van der Waals surface area (Å²) < 4.78 is 5.07. The standard InChI is InChI=1S/C12H19N3O3/c1-18-8-9-2-4-15(5-3-9)12(17)10-6-14-11(16)7-13-10/h2,10,13H,3-8H2,1H3,(H,14,16). The second-order valence-corrected chi connectivity index (χ2v) is 4.57. The molecular weight excluding hydrogens is 234 g/mol. The summed E-state index contributed by atoms with van der Waals surface area (Å²) in [6.45, 7) is 2.58. The molecule has 6 heteroatoms. The minimum Gasteiger partial charge on any atom is -0.380 e. The van der Waals surface area contributed by atoms with Gasteiger partial charge in [0.25, 0.3) is 0 Å². The van der Waals surface area contributed by atoms with E-state index in [0.29, 0.717) is 19.7 Å². The first kappa shape index (κ1) is 13.0. The van der Waals surface area contributed by atoms with E-state index in [1.54, 1.807) is 7.11 Å². The Morgan fingerprint density at radius 1 is 1.61 bits per heavy atom. The SMILES string of the molecule is COCC1=CCN(C(=O)C2CNC(=O)CN2)CC1. The number of nitrogens with zero attached hydrogens (tertiary/aromatic N) is 1. The van der Waals surface area contributed by atoms with Gasteiger partial charge in [0.05, 0.1) is 13.2 Å². The molecule has 2 N–H and O–H groups in total. The molecule has 18 heavy (non-hydrogen) atoms. The van der Waals surface area contributed by atoms with E-state index in [1.807, 2.05) is 11.0 Å². The van der Waals surface area contributed by atoms with Crippen molar-refractivity contribution in [3.63, 3.8) is 0 Å². The predicted molar refractivity (Wildman–Crippen MR) is 66.0 cm³/mol. The Morgan fingerprint density at radius 2 is 2.44 bits per heavy atom. The van der Waals surface area contributed by atoms with Crippen LogP contribution < -0.4 is 10.6 Å². The summed E-state index contributed by atoms with van der Waals surface area (Å²) in [7, 11) is 1.67. The molecule has 0 aromatic rings. The fourth-order valence-electron chi connectivity index (χ4n) is 2.19. The number of nitrogens with one attached hydrogen (secondary N) is 2. The third kappa shape index (κ3) is 3.08. The van der Waals surface area contributed by atoms with Gasteiger partial charge in [-0.3, -0.25) is 14.9 Å². The molecule has 0 saturated carbocycles. The van der Waals surface area contributed by atoms with Crippen LogP contribution in [-0.2, 0) is 14.3 Å². The molecule has 2 amide bonds. The lowest BCUT2D eigenvalue weighted by atomic mass is 10.1. The molecule has 2 aliphatic heterocycles. The smallest absolute Gasteiger partial charge is 0.241 e. The van der Waals surface area contributed by atoms with Gasteiger partial charge in [0, 0.05) is 26.7 Å². The van der Waals surface area contributed by atoms with Crippen LogP contribution in [0.3, 0.4) is 0 Å². The van der Waals surface area contributed by atoms with Crippen LogP contribution in [0.1, 0.15) is 6.42 Å². The number of ether oxygens (including phenoxy) is 1. The van der Waals surface area contributed by atoms with Crippen molar-refractivity contribution in [2.45, 2.75) is 12.5 Å². The summed E-state index contributed by atoms with van der Waals surface area (Å²) in [6, 6.07) is -0.292. The molecule has 0 radical (unpaired) electrons. The lowest BCUT2D eigenvalue weighted by molar-refractivity contribution is -0.134. The normalized spacial score (nSPS) is 24.5. The first-order valence-corrected chi connectivity index (χ1v) is 6.16. The molecule has 6 nitrogen and oxygen atoms in total. The Hall–Kier alpha value is -1.40. The van der Waals surface area contributed by atoms with Crippen LogP contribution in [0.15, 0.2) is 11.6 Å². The number of methoxy groups -OCH3 is 1. The fraction of sp³-hybridized carbons (Fsp3) is 0.667. The van der Waals surface area contributed by atoms with Gasteiger partial charge in [-0.05, 0) is 12.0 Å². The summed E-state index contributed by atoms with van der Waals surface area (Å²) in [4.78, 5) is 25.0. The lowest BCUT2D eigenvalue weighted by Crippen LogP contribution is -2.59.